The van der Waals surface area contributed by atoms with Crippen LogP contribution in [0.4, 0.5) is 18.9 Å². The van der Waals surface area contributed by atoms with Gasteiger partial charge in [-0.25, -0.2) is 4.68 Å². The Hall–Kier alpha value is -3.92. The summed E-state index contributed by atoms with van der Waals surface area (Å²) in [5.74, 6) is -0.403. The molecule has 0 radical (unpaired) electrons. The van der Waals surface area contributed by atoms with Crippen LogP contribution in [0.3, 0.4) is 0 Å². The molecule has 0 aliphatic heterocycles. The smallest absolute Gasteiger partial charge is 0.352 e. The predicted molar refractivity (Wildman–Crippen MR) is 128 cm³/mol. The molecule has 2 aromatic heterocycles. The van der Waals surface area contributed by atoms with Gasteiger partial charge in [0.2, 0.25) is 5.91 Å². The van der Waals surface area contributed by atoms with Crippen LogP contribution in [-0.4, -0.2) is 26.6 Å². The maximum absolute atomic E-state index is 13.1. The molecule has 5 rings (SSSR count). The van der Waals surface area contributed by atoms with Crippen LogP contribution in [0.2, 0.25) is 5.02 Å². The van der Waals surface area contributed by atoms with Gasteiger partial charge in [-0.1, -0.05) is 23.7 Å². The Labute approximate surface area is 208 Å². The lowest BCUT2D eigenvalue weighted by Gasteiger charge is -2.11. The van der Waals surface area contributed by atoms with Crippen LogP contribution >= 0.6 is 11.6 Å². The summed E-state index contributed by atoms with van der Waals surface area (Å²) in [6.45, 7) is 0.278. The highest BCUT2D eigenvalue weighted by Gasteiger charge is 2.31. The highest BCUT2D eigenvalue weighted by molar-refractivity contribution is 6.34. The van der Waals surface area contributed by atoms with Crippen LogP contribution < -0.4 is 10.6 Å². The highest BCUT2D eigenvalue weighted by atomic mass is 35.5. The second-order valence-electron chi connectivity index (χ2n) is 8.48. The lowest BCUT2D eigenvalue weighted by atomic mass is 10.1. The molecule has 0 unspecified atom stereocenters. The first-order valence-electron chi connectivity index (χ1n) is 11.1. The Bertz CT molecular complexity index is 1480. The van der Waals surface area contributed by atoms with E-state index in [1.54, 1.807) is 36.4 Å². The van der Waals surface area contributed by atoms with Gasteiger partial charge >= 0.3 is 6.18 Å². The number of anilines is 1. The molecule has 1 aliphatic carbocycles. The van der Waals surface area contributed by atoms with Crippen molar-refractivity contribution in [3.63, 3.8) is 0 Å². The molecule has 0 spiro atoms. The lowest BCUT2D eigenvalue weighted by molar-refractivity contribution is -0.137. The number of amides is 2. The van der Waals surface area contributed by atoms with Crippen molar-refractivity contribution in [2.24, 2.45) is 5.92 Å². The van der Waals surface area contributed by atoms with E-state index < -0.39 is 17.6 Å². The second-order valence-corrected chi connectivity index (χ2v) is 8.89. The number of pyridine rings is 1. The van der Waals surface area contributed by atoms with Gasteiger partial charge in [-0.3, -0.25) is 14.6 Å². The van der Waals surface area contributed by atoms with Gasteiger partial charge < -0.3 is 10.6 Å². The number of carbonyl (C=O) groups excluding carboxylic acids is 2. The van der Waals surface area contributed by atoms with E-state index >= 15 is 0 Å². The SMILES string of the molecule is O=C(Nc1cccc2c1cnn2-c1cncc(C(F)(F)F)c1)c1cc(CNC(=O)C2CC2)ccc1Cl. The summed E-state index contributed by atoms with van der Waals surface area (Å²) in [7, 11) is 0. The van der Waals surface area contributed by atoms with Gasteiger partial charge in [0, 0.05) is 24.0 Å². The van der Waals surface area contributed by atoms with E-state index in [1.165, 1.54) is 17.1 Å². The lowest BCUT2D eigenvalue weighted by Crippen LogP contribution is -2.24. The standard InChI is InChI=1S/C25H19ClF3N5O2/c26-20-7-4-14(10-31-23(35)15-5-6-15)8-18(20)24(36)33-21-2-1-3-22-19(21)13-32-34(22)17-9-16(11-30-12-17)25(27,28)29/h1-4,7-9,11-13,15H,5-6,10H2,(H,31,35)(H,33,36). The summed E-state index contributed by atoms with van der Waals surface area (Å²) >= 11 is 6.27. The Kier molecular flexibility index (Phi) is 6.13. The van der Waals surface area contributed by atoms with Crippen LogP contribution in [0.25, 0.3) is 16.6 Å². The molecule has 7 nitrogen and oxygen atoms in total. The first kappa shape index (κ1) is 23.8. The zero-order valence-corrected chi connectivity index (χ0v) is 19.4. The summed E-state index contributed by atoms with van der Waals surface area (Å²) < 4.78 is 40.7. The van der Waals surface area contributed by atoms with Crippen molar-refractivity contribution >= 4 is 40.0 Å². The Morgan fingerprint density at radius 1 is 1.08 bits per heavy atom. The Balaban J connectivity index is 1.40. The van der Waals surface area contributed by atoms with E-state index in [1.807, 2.05) is 0 Å². The fourth-order valence-corrected chi connectivity index (χ4v) is 3.99. The van der Waals surface area contributed by atoms with Gasteiger partial charge in [-0.05, 0) is 48.7 Å². The molecule has 36 heavy (non-hydrogen) atoms. The molecule has 2 heterocycles. The number of halogens is 4. The molecular formula is C25H19ClF3N5O2. The number of aromatic nitrogens is 3. The molecule has 2 aromatic carbocycles. The van der Waals surface area contributed by atoms with Crippen molar-refractivity contribution in [2.75, 3.05) is 5.32 Å². The number of carbonyl (C=O) groups is 2. The fourth-order valence-electron chi connectivity index (χ4n) is 3.79. The van der Waals surface area contributed by atoms with Crippen LogP contribution in [0.15, 0.2) is 61.1 Å². The Morgan fingerprint density at radius 2 is 1.89 bits per heavy atom. The van der Waals surface area contributed by atoms with Crippen molar-refractivity contribution in [1.29, 1.82) is 0 Å². The molecule has 2 N–H and O–H groups in total. The molecule has 1 aliphatic rings. The van der Waals surface area contributed by atoms with Crippen molar-refractivity contribution in [1.82, 2.24) is 20.1 Å². The second kappa shape index (κ2) is 9.27. The molecule has 0 atom stereocenters. The van der Waals surface area contributed by atoms with Crippen molar-refractivity contribution in [3.05, 3.63) is 82.8 Å². The summed E-state index contributed by atoms with van der Waals surface area (Å²) in [6.07, 6.45) is 0.728. The minimum absolute atomic E-state index is 0.00406. The number of alkyl halides is 3. The maximum atomic E-state index is 13.1. The van der Waals surface area contributed by atoms with E-state index in [0.29, 0.717) is 16.6 Å². The molecule has 2 amide bonds. The quantitative estimate of drug-likeness (QED) is 0.363. The molecule has 1 saturated carbocycles. The first-order valence-corrected chi connectivity index (χ1v) is 11.5. The topological polar surface area (TPSA) is 88.9 Å². The van der Waals surface area contributed by atoms with Crippen molar-refractivity contribution < 1.29 is 22.8 Å². The van der Waals surface area contributed by atoms with Gasteiger partial charge in [-0.2, -0.15) is 18.3 Å². The summed E-state index contributed by atoms with van der Waals surface area (Å²) in [4.78, 5) is 28.7. The van der Waals surface area contributed by atoms with E-state index in [0.717, 1.165) is 30.7 Å². The van der Waals surface area contributed by atoms with Gasteiger partial charge in [0.15, 0.2) is 0 Å². The number of rotatable bonds is 6. The molecular weight excluding hydrogens is 495 g/mol. The molecule has 4 aromatic rings. The third-order valence-electron chi connectivity index (χ3n) is 5.85. The van der Waals surface area contributed by atoms with Gasteiger partial charge in [-0.15, -0.1) is 0 Å². The summed E-state index contributed by atoms with van der Waals surface area (Å²) in [5, 5.41) is 10.6. The molecule has 11 heteroatoms. The minimum Gasteiger partial charge on any atom is -0.352 e. The van der Waals surface area contributed by atoms with E-state index in [2.05, 4.69) is 20.7 Å². The van der Waals surface area contributed by atoms with Crippen molar-refractivity contribution in [2.45, 2.75) is 25.6 Å². The minimum atomic E-state index is -4.54. The summed E-state index contributed by atoms with van der Waals surface area (Å²) in [5.41, 5.74) is 1.08. The van der Waals surface area contributed by atoms with Crippen LogP contribution in [0.1, 0.15) is 34.3 Å². The van der Waals surface area contributed by atoms with Crippen LogP contribution in [-0.2, 0) is 17.5 Å². The number of nitrogens with one attached hydrogen (secondary N) is 2. The number of benzene rings is 2. The zero-order chi connectivity index (χ0) is 25.4. The normalized spacial score (nSPS) is 13.6. The third kappa shape index (κ3) is 4.90. The Morgan fingerprint density at radius 3 is 2.64 bits per heavy atom. The largest absolute Gasteiger partial charge is 0.417 e. The molecule has 184 valence electrons. The average Bonchev–Trinajstić information content (AvgIpc) is 3.62. The van der Waals surface area contributed by atoms with Gasteiger partial charge in [0.05, 0.1) is 45.4 Å². The van der Waals surface area contributed by atoms with Crippen molar-refractivity contribution in [3.8, 4) is 5.69 Å². The van der Waals surface area contributed by atoms with Gasteiger partial charge in [0.1, 0.15) is 0 Å². The summed E-state index contributed by atoms with van der Waals surface area (Å²) in [6, 6.07) is 10.9. The number of hydrogen-bond acceptors (Lipinski definition) is 4. The van der Waals surface area contributed by atoms with Crippen LogP contribution in [0, 0.1) is 5.92 Å². The van der Waals surface area contributed by atoms with E-state index in [-0.39, 0.29) is 34.6 Å². The fraction of sp³-hybridized carbons (Fsp3) is 0.200. The number of fused-ring (bicyclic) bond motifs is 1. The first-order chi connectivity index (χ1) is 17.2. The van der Waals surface area contributed by atoms with Gasteiger partial charge in [0.25, 0.3) is 5.91 Å². The average molecular weight is 514 g/mol. The highest BCUT2D eigenvalue weighted by Crippen LogP contribution is 2.32. The molecule has 0 bridgehead atoms. The molecule has 0 saturated heterocycles. The maximum Gasteiger partial charge on any atom is 0.417 e. The zero-order valence-electron chi connectivity index (χ0n) is 18.6. The predicted octanol–water partition coefficient (Wildman–Crippen LogP) is 5.37. The number of nitrogens with zero attached hydrogens (tertiary/aromatic N) is 3. The third-order valence-corrected chi connectivity index (χ3v) is 6.18. The number of hydrogen-bond donors (Lipinski definition) is 2. The van der Waals surface area contributed by atoms with E-state index in [9.17, 15) is 22.8 Å². The monoisotopic (exact) mass is 513 g/mol. The van der Waals surface area contributed by atoms with E-state index in [4.69, 9.17) is 11.6 Å². The van der Waals surface area contributed by atoms with Crippen LogP contribution in [0.5, 0.6) is 0 Å². The molecule has 1 fully saturated rings.